The van der Waals surface area contributed by atoms with Crippen molar-refractivity contribution >= 4 is 41.1 Å². The summed E-state index contributed by atoms with van der Waals surface area (Å²) in [7, 11) is 1.47. The number of aromatic nitrogens is 1. The van der Waals surface area contributed by atoms with Crippen molar-refractivity contribution in [3.8, 4) is 5.75 Å². The number of ether oxygens (including phenoxy) is 1. The van der Waals surface area contributed by atoms with Crippen LogP contribution in [-0.4, -0.2) is 55.5 Å². The number of unbranched alkanes of at least 4 members (excludes halogenated alkanes) is 2. The number of benzene rings is 1. The number of pyridine rings is 1. The van der Waals surface area contributed by atoms with E-state index in [2.05, 4.69) is 15.0 Å². The highest BCUT2D eigenvalue weighted by Gasteiger charge is 2.28. The van der Waals surface area contributed by atoms with Gasteiger partial charge in [0.2, 0.25) is 0 Å². The second kappa shape index (κ2) is 11.0. The van der Waals surface area contributed by atoms with Gasteiger partial charge in [0.25, 0.3) is 0 Å². The molecule has 0 unspecified atom stereocenters. The van der Waals surface area contributed by atoms with Crippen LogP contribution in [0.5, 0.6) is 5.75 Å². The van der Waals surface area contributed by atoms with Crippen LogP contribution in [0.3, 0.4) is 0 Å². The second-order valence-corrected chi connectivity index (χ2v) is 7.58. The molecule has 9 heteroatoms. The highest BCUT2D eigenvalue weighted by Crippen LogP contribution is 2.34. The molecule has 0 saturated carbocycles. The van der Waals surface area contributed by atoms with Gasteiger partial charge in [-0.3, -0.25) is 9.88 Å². The van der Waals surface area contributed by atoms with E-state index in [9.17, 15) is 4.79 Å². The third kappa shape index (κ3) is 5.77. The quantitative estimate of drug-likeness (QED) is 0.294. The molecular formula is C21H24Cl2N4O3. The average molecular weight is 451 g/mol. The van der Waals surface area contributed by atoms with Crippen LogP contribution in [0.2, 0.25) is 10.0 Å². The van der Waals surface area contributed by atoms with Crippen molar-refractivity contribution in [1.29, 1.82) is 0 Å². The Labute approximate surface area is 186 Å². The van der Waals surface area contributed by atoms with Gasteiger partial charge in [0.1, 0.15) is 7.11 Å². The fourth-order valence-electron chi connectivity index (χ4n) is 3.21. The lowest BCUT2D eigenvalue weighted by atomic mass is 10.2. The van der Waals surface area contributed by atoms with Crippen molar-refractivity contribution in [3.63, 3.8) is 0 Å². The number of amides is 2. The summed E-state index contributed by atoms with van der Waals surface area (Å²) >= 11 is 12.5. The van der Waals surface area contributed by atoms with Gasteiger partial charge < -0.3 is 14.5 Å². The number of halogens is 2. The molecule has 1 saturated heterocycles. The van der Waals surface area contributed by atoms with Crippen LogP contribution in [0, 0.1) is 0 Å². The minimum atomic E-state index is 0.0492. The predicted molar refractivity (Wildman–Crippen MR) is 119 cm³/mol. The van der Waals surface area contributed by atoms with Crippen LogP contribution in [-0.2, 0) is 4.84 Å². The van der Waals surface area contributed by atoms with E-state index in [1.807, 2.05) is 17.0 Å². The molecule has 0 spiro atoms. The number of oxime groups is 1. The molecule has 160 valence electrons. The summed E-state index contributed by atoms with van der Waals surface area (Å²) in [5, 5.41) is 4.55. The zero-order chi connectivity index (χ0) is 21.3. The van der Waals surface area contributed by atoms with E-state index >= 15 is 0 Å². The van der Waals surface area contributed by atoms with E-state index in [4.69, 9.17) is 27.9 Å². The van der Waals surface area contributed by atoms with Gasteiger partial charge in [-0.05, 0) is 49.1 Å². The summed E-state index contributed by atoms with van der Waals surface area (Å²) in [4.78, 5) is 24.9. The van der Waals surface area contributed by atoms with Crippen LogP contribution in [0.15, 0.2) is 41.8 Å². The van der Waals surface area contributed by atoms with E-state index < -0.39 is 0 Å². The molecule has 0 atom stereocenters. The number of carbonyl (C=O) groups is 1. The minimum Gasteiger partial charge on any atom is -0.490 e. The fourth-order valence-corrected chi connectivity index (χ4v) is 3.83. The third-order valence-electron chi connectivity index (χ3n) is 4.72. The van der Waals surface area contributed by atoms with Crippen molar-refractivity contribution in [3.05, 3.63) is 52.3 Å². The maximum Gasteiger partial charge on any atom is 0.324 e. The Morgan fingerprint density at radius 1 is 1.13 bits per heavy atom. The monoisotopic (exact) mass is 450 g/mol. The number of urea groups is 1. The Bertz CT molecular complexity index is 857. The zero-order valence-corrected chi connectivity index (χ0v) is 18.3. The number of carbonyl (C=O) groups excluding carboxylic acids is 1. The molecule has 3 rings (SSSR count). The van der Waals surface area contributed by atoms with Crippen LogP contribution in [0.4, 0.5) is 10.5 Å². The molecule has 0 aliphatic carbocycles. The molecule has 2 heterocycles. The van der Waals surface area contributed by atoms with Crippen molar-refractivity contribution in [2.75, 3.05) is 38.3 Å². The van der Waals surface area contributed by atoms with E-state index in [0.29, 0.717) is 28.9 Å². The SMILES string of the molecule is CO/N=C/c1cc(Cl)c(OCCCCCN2CCN(c3ccncc3)C2=O)c(Cl)c1. The zero-order valence-electron chi connectivity index (χ0n) is 16.8. The Hall–Kier alpha value is -2.51. The first-order chi connectivity index (χ1) is 14.6. The minimum absolute atomic E-state index is 0.0492. The van der Waals surface area contributed by atoms with Crippen molar-refractivity contribution in [1.82, 2.24) is 9.88 Å². The second-order valence-electron chi connectivity index (χ2n) is 6.77. The number of rotatable bonds is 10. The molecule has 1 fully saturated rings. The van der Waals surface area contributed by atoms with Gasteiger partial charge >= 0.3 is 6.03 Å². The maximum atomic E-state index is 12.5. The lowest BCUT2D eigenvalue weighted by Gasteiger charge is -2.18. The van der Waals surface area contributed by atoms with Crippen LogP contribution >= 0.6 is 23.2 Å². The number of hydrogen-bond acceptors (Lipinski definition) is 5. The van der Waals surface area contributed by atoms with E-state index in [0.717, 1.165) is 43.6 Å². The van der Waals surface area contributed by atoms with Gasteiger partial charge in [-0.2, -0.15) is 0 Å². The lowest BCUT2D eigenvalue weighted by Crippen LogP contribution is -2.32. The molecule has 1 aromatic carbocycles. The number of anilines is 1. The predicted octanol–water partition coefficient (Wildman–Crippen LogP) is 4.86. The highest BCUT2D eigenvalue weighted by atomic mass is 35.5. The molecule has 0 N–H and O–H groups in total. The van der Waals surface area contributed by atoms with E-state index in [-0.39, 0.29) is 6.03 Å². The normalized spacial score (nSPS) is 14.0. The summed E-state index contributed by atoms with van der Waals surface area (Å²) < 4.78 is 5.76. The largest absolute Gasteiger partial charge is 0.490 e. The van der Waals surface area contributed by atoms with Crippen molar-refractivity contribution in [2.24, 2.45) is 5.16 Å². The van der Waals surface area contributed by atoms with Gasteiger partial charge in [-0.15, -0.1) is 0 Å². The highest BCUT2D eigenvalue weighted by molar-refractivity contribution is 6.37. The van der Waals surface area contributed by atoms with Crippen molar-refractivity contribution < 1.29 is 14.4 Å². The van der Waals surface area contributed by atoms with Gasteiger partial charge in [0.15, 0.2) is 5.75 Å². The summed E-state index contributed by atoms with van der Waals surface area (Å²) in [5.41, 5.74) is 1.62. The van der Waals surface area contributed by atoms with Crippen LogP contribution < -0.4 is 9.64 Å². The molecule has 1 aliphatic heterocycles. The first-order valence-corrected chi connectivity index (χ1v) is 10.5. The Balaban J connectivity index is 1.38. The number of nitrogens with zero attached hydrogens (tertiary/aromatic N) is 4. The van der Waals surface area contributed by atoms with Gasteiger partial charge in [-0.25, -0.2) is 4.79 Å². The summed E-state index contributed by atoms with van der Waals surface area (Å²) in [6, 6.07) is 7.20. The molecule has 7 nitrogen and oxygen atoms in total. The lowest BCUT2D eigenvalue weighted by molar-refractivity contribution is 0.215. The summed E-state index contributed by atoms with van der Waals surface area (Å²) in [6.07, 6.45) is 7.61. The van der Waals surface area contributed by atoms with E-state index in [1.54, 1.807) is 29.4 Å². The fraction of sp³-hybridized carbons (Fsp3) is 0.381. The molecule has 0 radical (unpaired) electrons. The molecular weight excluding hydrogens is 427 g/mol. The van der Waals surface area contributed by atoms with Crippen molar-refractivity contribution in [2.45, 2.75) is 19.3 Å². The smallest absolute Gasteiger partial charge is 0.324 e. The Morgan fingerprint density at radius 2 is 1.87 bits per heavy atom. The van der Waals surface area contributed by atoms with Gasteiger partial charge in [0.05, 0.1) is 22.9 Å². The van der Waals surface area contributed by atoms with Crippen LogP contribution in [0.25, 0.3) is 0 Å². The first kappa shape index (κ1) is 22.2. The number of hydrogen-bond donors (Lipinski definition) is 0. The molecule has 1 aliphatic rings. The van der Waals surface area contributed by atoms with Crippen LogP contribution in [0.1, 0.15) is 24.8 Å². The Morgan fingerprint density at radius 3 is 2.57 bits per heavy atom. The average Bonchev–Trinajstić information content (AvgIpc) is 3.11. The van der Waals surface area contributed by atoms with E-state index in [1.165, 1.54) is 13.3 Å². The third-order valence-corrected chi connectivity index (χ3v) is 5.28. The summed E-state index contributed by atoms with van der Waals surface area (Å²) in [6.45, 7) is 2.67. The molecule has 1 aromatic heterocycles. The van der Waals surface area contributed by atoms with Gasteiger partial charge in [-0.1, -0.05) is 28.4 Å². The molecule has 30 heavy (non-hydrogen) atoms. The molecule has 2 aromatic rings. The molecule has 0 bridgehead atoms. The first-order valence-electron chi connectivity index (χ1n) is 9.75. The van der Waals surface area contributed by atoms with Gasteiger partial charge in [0, 0.05) is 37.7 Å². The standard InChI is InChI=1S/C21H24Cl2N4O3/c1-29-25-15-16-13-18(22)20(19(23)14-16)30-12-4-2-3-9-26-10-11-27(21(26)28)17-5-7-24-8-6-17/h5-8,13-15H,2-4,9-12H2,1H3/b25-15+. The maximum absolute atomic E-state index is 12.5. The topological polar surface area (TPSA) is 67.3 Å². The molecule has 2 amide bonds. The Kier molecular flexibility index (Phi) is 8.16. The summed E-state index contributed by atoms with van der Waals surface area (Å²) in [5.74, 6) is 0.468.